The number of hydrogen-bond donors (Lipinski definition) is 2. The molecule has 0 aromatic carbocycles. The zero-order valence-corrected chi connectivity index (χ0v) is 19.9. The lowest BCUT2D eigenvalue weighted by Gasteiger charge is -2.50. The van der Waals surface area contributed by atoms with Crippen LogP contribution in [-0.2, 0) is 14.6 Å². The smallest absolute Gasteiger partial charge is 0.179 e. The van der Waals surface area contributed by atoms with Crippen LogP contribution in [0.1, 0.15) is 24.9 Å². The van der Waals surface area contributed by atoms with E-state index >= 15 is 0 Å². The Bertz CT molecular complexity index is 1270. The summed E-state index contributed by atoms with van der Waals surface area (Å²) in [5.41, 5.74) is 1.52. The second-order valence-electron chi connectivity index (χ2n) is 9.02. The van der Waals surface area contributed by atoms with Crippen LogP contribution in [0.15, 0.2) is 53.9 Å². The number of rotatable bonds is 7. The van der Waals surface area contributed by atoms with E-state index in [1.165, 1.54) is 18.6 Å². The quantitative estimate of drug-likeness (QED) is 0.521. The Hall–Kier alpha value is -3.15. The fraction of sp³-hybridized carbons (Fsp3) is 0.391. The highest BCUT2D eigenvalue weighted by atomic mass is 32.2. The summed E-state index contributed by atoms with van der Waals surface area (Å²) in [5, 5.41) is 6.13. The fourth-order valence-electron chi connectivity index (χ4n) is 4.46. The third kappa shape index (κ3) is 4.72. The zero-order valence-electron chi connectivity index (χ0n) is 19.1. The van der Waals surface area contributed by atoms with E-state index in [9.17, 15) is 8.42 Å². The van der Waals surface area contributed by atoms with Gasteiger partial charge >= 0.3 is 0 Å². The second-order valence-corrected chi connectivity index (χ2v) is 11.0. The van der Waals surface area contributed by atoms with Crippen molar-refractivity contribution in [2.24, 2.45) is 5.41 Å². The van der Waals surface area contributed by atoms with Gasteiger partial charge in [0.05, 0.1) is 6.61 Å². The van der Waals surface area contributed by atoms with Crippen LogP contribution in [0.4, 0.5) is 23.3 Å². The van der Waals surface area contributed by atoms with Gasteiger partial charge in [-0.15, -0.1) is 0 Å². The molecule has 178 valence electrons. The number of hydrogen-bond acceptors (Lipinski definition) is 10. The average molecular weight is 482 g/mol. The van der Waals surface area contributed by atoms with Crippen LogP contribution in [0.2, 0.25) is 0 Å². The molecule has 3 aromatic heterocycles. The average Bonchev–Trinajstić information content (AvgIpc) is 3.29. The molecular formula is C23H27N7O3S. The van der Waals surface area contributed by atoms with Crippen molar-refractivity contribution < 1.29 is 13.2 Å². The largest absolute Gasteiger partial charge is 0.381 e. The van der Waals surface area contributed by atoms with Gasteiger partial charge < -0.3 is 15.4 Å². The Labute approximate surface area is 198 Å². The Morgan fingerprint density at radius 1 is 1.06 bits per heavy atom. The minimum Gasteiger partial charge on any atom is -0.381 e. The summed E-state index contributed by atoms with van der Waals surface area (Å²) in [6.45, 7) is 6.11. The van der Waals surface area contributed by atoms with Crippen molar-refractivity contribution in [3.05, 3.63) is 54.6 Å². The molecule has 11 heteroatoms. The molecule has 0 radical (unpaired) electrons. The first-order chi connectivity index (χ1) is 16.3. The molecule has 2 aliphatic heterocycles. The van der Waals surface area contributed by atoms with Gasteiger partial charge in [0.15, 0.2) is 9.84 Å². The molecule has 2 aliphatic rings. The highest BCUT2D eigenvalue weighted by Gasteiger charge is 2.47. The molecule has 1 spiro atoms. The van der Waals surface area contributed by atoms with Gasteiger partial charge in [-0.2, -0.15) is 0 Å². The predicted octanol–water partition coefficient (Wildman–Crippen LogP) is 2.94. The van der Waals surface area contributed by atoms with Crippen LogP contribution in [0, 0.1) is 5.41 Å². The van der Waals surface area contributed by atoms with Crippen LogP contribution < -0.4 is 10.6 Å². The molecule has 5 rings (SSSR count). The Kier molecular flexibility index (Phi) is 5.92. The number of sulfone groups is 1. The van der Waals surface area contributed by atoms with E-state index < -0.39 is 9.84 Å². The fourth-order valence-corrected chi connectivity index (χ4v) is 5.24. The lowest BCUT2D eigenvalue weighted by molar-refractivity contribution is -0.0320. The number of aromatic nitrogens is 4. The third-order valence-electron chi connectivity index (χ3n) is 6.42. The summed E-state index contributed by atoms with van der Waals surface area (Å²) in [6, 6.07) is 9.04. The van der Waals surface area contributed by atoms with Crippen molar-refractivity contribution in [1.29, 1.82) is 0 Å². The molecule has 5 heterocycles. The highest BCUT2D eigenvalue weighted by Crippen LogP contribution is 2.42. The maximum Gasteiger partial charge on any atom is 0.179 e. The summed E-state index contributed by atoms with van der Waals surface area (Å²) < 4.78 is 29.6. The van der Waals surface area contributed by atoms with E-state index in [-0.39, 0.29) is 10.7 Å². The van der Waals surface area contributed by atoms with Gasteiger partial charge in [-0.1, -0.05) is 6.07 Å². The number of likely N-dealkylation sites (tertiary alicyclic amines) is 1. The second kappa shape index (κ2) is 8.90. The maximum atomic E-state index is 12.0. The van der Waals surface area contributed by atoms with E-state index in [1.807, 2.05) is 12.3 Å². The molecule has 0 amide bonds. The van der Waals surface area contributed by atoms with Gasteiger partial charge in [-0.05, 0) is 37.1 Å². The molecule has 1 atom stereocenters. The van der Waals surface area contributed by atoms with Crippen LogP contribution in [0.3, 0.4) is 0 Å². The number of ether oxygens (including phenoxy) is 1. The van der Waals surface area contributed by atoms with E-state index in [2.05, 4.69) is 48.5 Å². The summed E-state index contributed by atoms with van der Waals surface area (Å²) in [6.07, 6.45) is 7.09. The van der Waals surface area contributed by atoms with Gasteiger partial charge in [0.25, 0.3) is 0 Å². The van der Waals surface area contributed by atoms with Crippen molar-refractivity contribution in [3.8, 4) is 0 Å². The maximum absolute atomic E-state index is 12.0. The van der Waals surface area contributed by atoms with Gasteiger partial charge in [-0.25, -0.2) is 28.4 Å². The first kappa shape index (κ1) is 22.6. The van der Waals surface area contributed by atoms with Crippen molar-refractivity contribution in [3.63, 3.8) is 0 Å². The summed E-state index contributed by atoms with van der Waals surface area (Å²) >= 11 is 0. The van der Waals surface area contributed by atoms with Crippen molar-refractivity contribution in [1.82, 2.24) is 24.8 Å². The van der Waals surface area contributed by atoms with Crippen LogP contribution >= 0.6 is 0 Å². The molecule has 3 aromatic rings. The van der Waals surface area contributed by atoms with Gasteiger partial charge in [0.2, 0.25) is 0 Å². The normalized spacial score (nSPS) is 18.4. The van der Waals surface area contributed by atoms with Crippen molar-refractivity contribution >= 4 is 33.1 Å². The summed E-state index contributed by atoms with van der Waals surface area (Å²) in [5.74, 6) is 1.80. The molecule has 2 N–H and O–H groups in total. The molecule has 0 saturated carbocycles. The van der Waals surface area contributed by atoms with Gasteiger partial charge in [0, 0.05) is 55.9 Å². The van der Waals surface area contributed by atoms with E-state index in [4.69, 9.17) is 4.74 Å². The molecule has 10 nitrogen and oxygen atoms in total. The number of anilines is 4. The van der Waals surface area contributed by atoms with Gasteiger partial charge in [0.1, 0.15) is 34.5 Å². The predicted molar refractivity (Wildman–Crippen MR) is 128 cm³/mol. The monoisotopic (exact) mass is 481 g/mol. The number of pyridine rings is 2. The minimum absolute atomic E-state index is 0.100. The number of nitrogens with one attached hydrogen (secondary N) is 2. The highest BCUT2D eigenvalue weighted by molar-refractivity contribution is 7.90. The zero-order chi connectivity index (χ0) is 23.8. The minimum atomic E-state index is -3.44. The van der Waals surface area contributed by atoms with Crippen molar-refractivity contribution in [2.45, 2.75) is 24.3 Å². The SMILES string of the molecule is C[C@H](c1ccc(Nc2cc(Nc3ncccc3S(C)(=O)=O)ncn2)nc1)N1CC2(CCOC2)C1. The first-order valence-electron chi connectivity index (χ1n) is 11.1. The Balaban J connectivity index is 1.24. The molecular weight excluding hydrogens is 454 g/mol. The van der Waals surface area contributed by atoms with E-state index in [0.29, 0.717) is 28.9 Å². The standard InChI is InChI=1S/C23H27N7O3S/c1-16(30-12-23(13-30)7-9-33-14-23)17-5-6-19(25-11-17)28-20-10-21(27-15-26-20)29-22-18(34(2,31)32)4-3-8-24-22/h3-6,8,10-11,15-16H,7,9,12-14H2,1-2H3,(H2,24,25,26,27,28,29)/t16-/m1/s1. The van der Waals surface area contributed by atoms with Crippen LogP contribution in [-0.4, -0.2) is 65.8 Å². The molecule has 0 unspecified atom stereocenters. The molecule has 0 bridgehead atoms. The van der Waals surface area contributed by atoms with E-state index in [1.54, 1.807) is 12.1 Å². The Morgan fingerprint density at radius 2 is 1.85 bits per heavy atom. The topological polar surface area (TPSA) is 122 Å². The molecule has 2 saturated heterocycles. The van der Waals surface area contributed by atoms with E-state index in [0.717, 1.165) is 44.5 Å². The van der Waals surface area contributed by atoms with Crippen LogP contribution in [0.5, 0.6) is 0 Å². The molecule has 34 heavy (non-hydrogen) atoms. The molecule has 0 aliphatic carbocycles. The first-order valence-corrected chi connectivity index (χ1v) is 13.0. The summed E-state index contributed by atoms with van der Waals surface area (Å²) in [7, 11) is -3.44. The molecule has 2 fully saturated rings. The Morgan fingerprint density at radius 3 is 2.53 bits per heavy atom. The van der Waals surface area contributed by atoms with Crippen LogP contribution in [0.25, 0.3) is 0 Å². The third-order valence-corrected chi connectivity index (χ3v) is 7.55. The van der Waals surface area contributed by atoms with Crippen molar-refractivity contribution in [2.75, 3.05) is 43.2 Å². The summed E-state index contributed by atoms with van der Waals surface area (Å²) in [4.78, 5) is 19.7. The lowest BCUT2D eigenvalue weighted by atomic mass is 9.78. The van der Waals surface area contributed by atoms with Gasteiger partial charge in [-0.3, -0.25) is 4.90 Å². The number of nitrogens with zero attached hydrogens (tertiary/aromatic N) is 5. The lowest BCUT2D eigenvalue weighted by Crippen LogP contribution is -2.57.